The fraction of sp³-hybridized carbons (Fsp3) is 0.529. The van der Waals surface area contributed by atoms with Crippen molar-refractivity contribution in [1.82, 2.24) is 4.90 Å². The van der Waals surface area contributed by atoms with E-state index in [0.717, 1.165) is 24.8 Å². The molecular weight excluding hydrogens is 282 g/mol. The lowest BCUT2D eigenvalue weighted by atomic mass is 10.1. The van der Waals surface area contributed by atoms with Crippen LogP contribution in [0.4, 0.5) is 0 Å². The van der Waals surface area contributed by atoms with Gasteiger partial charge in [0.25, 0.3) is 0 Å². The van der Waals surface area contributed by atoms with Crippen molar-refractivity contribution in [3.63, 3.8) is 0 Å². The Kier molecular flexibility index (Phi) is 4.43. The van der Waals surface area contributed by atoms with E-state index in [0.29, 0.717) is 26.0 Å². The molecule has 5 heteroatoms. The molecule has 1 aromatic carbocycles. The lowest BCUT2D eigenvalue weighted by Gasteiger charge is -2.37. The second-order valence-electron chi connectivity index (χ2n) is 6.00. The molecule has 0 unspecified atom stereocenters. The van der Waals surface area contributed by atoms with Gasteiger partial charge in [-0.25, -0.2) is 4.79 Å². The number of amides is 1. The van der Waals surface area contributed by atoms with E-state index in [-0.39, 0.29) is 23.6 Å². The summed E-state index contributed by atoms with van der Waals surface area (Å²) >= 11 is 0. The molecule has 1 heterocycles. The minimum absolute atomic E-state index is 0.183. The zero-order valence-electron chi connectivity index (χ0n) is 12.5. The van der Waals surface area contributed by atoms with Crippen molar-refractivity contribution in [3.8, 4) is 0 Å². The van der Waals surface area contributed by atoms with Crippen LogP contribution in [0.2, 0.25) is 0 Å². The molecule has 1 saturated heterocycles. The van der Waals surface area contributed by atoms with Crippen LogP contribution in [0.5, 0.6) is 0 Å². The highest BCUT2D eigenvalue weighted by molar-refractivity contribution is 5.87. The zero-order valence-corrected chi connectivity index (χ0v) is 12.5. The van der Waals surface area contributed by atoms with Gasteiger partial charge >= 0.3 is 5.97 Å². The van der Waals surface area contributed by atoms with E-state index in [4.69, 9.17) is 9.84 Å². The number of morpholine rings is 1. The van der Waals surface area contributed by atoms with Crippen molar-refractivity contribution < 1.29 is 19.4 Å². The van der Waals surface area contributed by atoms with Crippen LogP contribution in [0, 0.1) is 0 Å². The summed E-state index contributed by atoms with van der Waals surface area (Å²) < 4.78 is 5.73. The van der Waals surface area contributed by atoms with Gasteiger partial charge in [-0.05, 0) is 43.4 Å². The van der Waals surface area contributed by atoms with Crippen LogP contribution in [0.1, 0.15) is 41.6 Å². The molecule has 2 atom stereocenters. The Morgan fingerprint density at radius 3 is 2.73 bits per heavy atom. The quantitative estimate of drug-likeness (QED) is 0.925. The summed E-state index contributed by atoms with van der Waals surface area (Å²) in [6.45, 7) is 1.33. The van der Waals surface area contributed by atoms with Crippen LogP contribution in [-0.2, 0) is 16.0 Å². The number of carboxylic acids is 1. The molecule has 2 fully saturated rings. The fourth-order valence-corrected chi connectivity index (χ4v) is 3.44. The number of nitrogens with zero attached hydrogens (tertiary/aromatic N) is 1. The van der Waals surface area contributed by atoms with Gasteiger partial charge in [0.15, 0.2) is 0 Å². The number of ether oxygens (including phenoxy) is 1. The zero-order chi connectivity index (χ0) is 15.5. The number of fused-ring (bicyclic) bond motifs is 1. The highest BCUT2D eigenvalue weighted by Gasteiger charge is 2.37. The number of benzene rings is 1. The van der Waals surface area contributed by atoms with Gasteiger partial charge in [-0.2, -0.15) is 0 Å². The first-order valence-corrected chi connectivity index (χ1v) is 7.88. The molecule has 3 rings (SSSR count). The number of carbonyl (C=O) groups excluding carboxylic acids is 1. The summed E-state index contributed by atoms with van der Waals surface area (Å²) in [7, 11) is 0. The molecule has 1 aliphatic carbocycles. The molecule has 1 amide bonds. The number of carbonyl (C=O) groups is 2. The van der Waals surface area contributed by atoms with E-state index < -0.39 is 5.97 Å². The van der Waals surface area contributed by atoms with Crippen LogP contribution < -0.4 is 0 Å². The van der Waals surface area contributed by atoms with Gasteiger partial charge in [0, 0.05) is 13.0 Å². The summed E-state index contributed by atoms with van der Waals surface area (Å²) in [5.74, 6) is -0.745. The van der Waals surface area contributed by atoms with E-state index in [1.807, 2.05) is 4.90 Å². The van der Waals surface area contributed by atoms with E-state index >= 15 is 0 Å². The summed E-state index contributed by atoms with van der Waals surface area (Å²) in [4.78, 5) is 25.3. The fourth-order valence-electron chi connectivity index (χ4n) is 3.44. The van der Waals surface area contributed by atoms with Crippen molar-refractivity contribution in [2.24, 2.45) is 0 Å². The van der Waals surface area contributed by atoms with E-state index in [1.54, 1.807) is 24.3 Å². The maximum atomic E-state index is 12.5. The first-order valence-electron chi connectivity index (χ1n) is 7.88. The first-order chi connectivity index (χ1) is 10.6. The summed E-state index contributed by atoms with van der Waals surface area (Å²) in [6, 6.07) is 7.01. The van der Waals surface area contributed by atoms with Gasteiger partial charge in [-0.15, -0.1) is 0 Å². The van der Waals surface area contributed by atoms with E-state index in [9.17, 15) is 9.59 Å². The molecule has 2 aliphatic rings. The average molecular weight is 303 g/mol. The molecule has 1 aliphatic heterocycles. The van der Waals surface area contributed by atoms with Crippen molar-refractivity contribution in [1.29, 1.82) is 0 Å². The maximum absolute atomic E-state index is 12.5. The van der Waals surface area contributed by atoms with E-state index in [2.05, 4.69) is 0 Å². The molecule has 0 bridgehead atoms. The number of hydrogen-bond acceptors (Lipinski definition) is 3. The Labute approximate surface area is 129 Å². The van der Waals surface area contributed by atoms with Crippen LogP contribution in [0.15, 0.2) is 24.3 Å². The molecule has 118 valence electrons. The Morgan fingerprint density at radius 2 is 2.00 bits per heavy atom. The minimum Gasteiger partial charge on any atom is -0.478 e. The Morgan fingerprint density at radius 1 is 1.23 bits per heavy atom. The van der Waals surface area contributed by atoms with Gasteiger partial charge in [-0.1, -0.05) is 12.1 Å². The monoisotopic (exact) mass is 303 g/mol. The summed E-state index contributed by atoms with van der Waals surface area (Å²) in [5.41, 5.74) is 1.27. The largest absolute Gasteiger partial charge is 0.478 e. The smallest absolute Gasteiger partial charge is 0.335 e. The number of carboxylic acid groups (broad SMARTS) is 1. The first kappa shape index (κ1) is 15.0. The Hall–Kier alpha value is -1.88. The molecule has 1 saturated carbocycles. The van der Waals surface area contributed by atoms with Crippen LogP contribution >= 0.6 is 0 Å². The lowest BCUT2D eigenvalue weighted by molar-refractivity contribution is -0.143. The lowest BCUT2D eigenvalue weighted by Crippen LogP contribution is -2.51. The molecule has 1 aromatic rings. The number of aryl methyl sites for hydroxylation is 1. The van der Waals surface area contributed by atoms with Crippen molar-refractivity contribution >= 4 is 11.9 Å². The Bertz CT molecular complexity index is 554. The molecule has 22 heavy (non-hydrogen) atoms. The number of rotatable bonds is 4. The molecule has 0 spiro atoms. The van der Waals surface area contributed by atoms with E-state index in [1.165, 1.54) is 0 Å². The molecule has 0 aromatic heterocycles. The number of aromatic carboxylic acids is 1. The second-order valence-corrected chi connectivity index (χ2v) is 6.00. The van der Waals surface area contributed by atoms with Crippen molar-refractivity contribution in [2.45, 2.75) is 44.2 Å². The number of hydrogen-bond donors (Lipinski definition) is 1. The van der Waals surface area contributed by atoms with Gasteiger partial charge in [0.2, 0.25) is 5.91 Å². The molecule has 5 nitrogen and oxygen atoms in total. The third-order valence-electron chi connectivity index (χ3n) is 4.63. The molecular formula is C17H21NO4. The van der Waals surface area contributed by atoms with Crippen LogP contribution in [0.3, 0.4) is 0 Å². The third kappa shape index (κ3) is 3.14. The van der Waals surface area contributed by atoms with Gasteiger partial charge < -0.3 is 14.7 Å². The predicted molar refractivity (Wildman–Crippen MR) is 80.8 cm³/mol. The van der Waals surface area contributed by atoms with Crippen molar-refractivity contribution in [3.05, 3.63) is 35.4 Å². The highest BCUT2D eigenvalue weighted by Crippen LogP contribution is 2.30. The van der Waals surface area contributed by atoms with Crippen molar-refractivity contribution in [2.75, 3.05) is 13.2 Å². The minimum atomic E-state index is -0.928. The average Bonchev–Trinajstić information content (AvgIpc) is 3.01. The summed E-state index contributed by atoms with van der Waals surface area (Å²) in [5, 5.41) is 8.88. The maximum Gasteiger partial charge on any atom is 0.335 e. The Balaban J connectivity index is 1.56. The summed E-state index contributed by atoms with van der Waals surface area (Å²) in [6.07, 6.45) is 4.58. The second kappa shape index (κ2) is 6.48. The van der Waals surface area contributed by atoms with Crippen LogP contribution in [0.25, 0.3) is 0 Å². The topological polar surface area (TPSA) is 66.8 Å². The molecule has 1 N–H and O–H groups in total. The third-order valence-corrected chi connectivity index (χ3v) is 4.63. The van der Waals surface area contributed by atoms with Gasteiger partial charge in [0.05, 0.1) is 24.3 Å². The van der Waals surface area contributed by atoms with Crippen LogP contribution in [-0.4, -0.2) is 47.2 Å². The normalized spacial score (nSPS) is 24.1. The van der Waals surface area contributed by atoms with Gasteiger partial charge in [0.1, 0.15) is 0 Å². The standard InChI is InChI=1S/C17H21NO4/c19-16(18-10-11-22-15-3-1-2-14(15)18)9-6-12-4-7-13(8-5-12)17(20)21/h4-5,7-8,14-15H,1-3,6,9-11H2,(H,20,21)/t14-,15+/m0/s1. The van der Waals surface area contributed by atoms with Gasteiger partial charge in [-0.3, -0.25) is 4.79 Å². The predicted octanol–water partition coefficient (Wildman–Crippen LogP) is 2.10. The molecule has 0 radical (unpaired) electrons. The SMILES string of the molecule is O=C(O)c1ccc(CCC(=O)N2CCO[C@@H]3CCC[C@@H]32)cc1. The highest BCUT2D eigenvalue weighted by atomic mass is 16.5.